The zero-order valence-corrected chi connectivity index (χ0v) is 21.4. The number of benzene rings is 4. The predicted octanol–water partition coefficient (Wildman–Crippen LogP) is 7.88. The van der Waals surface area contributed by atoms with E-state index >= 15 is 0 Å². The van der Waals surface area contributed by atoms with Crippen LogP contribution in [0.1, 0.15) is 22.3 Å². The van der Waals surface area contributed by atoms with Gasteiger partial charge < -0.3 is 0 Å². The van der Waals surface area contributed by atoms with E-state index in [4.69, 9.17) is 0 Å². The second-order valence-electron chi connectivity index (χ2n) is 6.60. The maximum Gasteiger partial charge on any atom is 0.0702 e. The van der Waals surface area contributed by atoms with E-state index in [1.165, 1.54) is 33.0 Å². The van der Waals surface area contributed by atoms with Gasteiger partial charge in [0.15, 0.2) is 0 Å². The summed E-state index contributed by atoms with van der Waals surface area (Å²) >= 11 is 7.37. The van der Waals surface area contributed by atoms with Crippen molar-refractivity contribution in [1.29, 1.82) is 0 Å². The lowest BCUT2D eigenvalue weighted by atomic mass is 9.65. The Kier molecular flexibility index (Phi) is 6.42. The van der Waals surface area contributed by atoms with Crippen molar-refractivity contribution in [3.8, 4) is 0 Å². The van der Waals surface area contributed by atoms with Crippen LogP contribution in [-0.4, -0.2) is 0 Å². The molecule has 138 valence electrons. The summed E-state index contributed by atoms with van der Waals surface area (Å²) in [5.74, 6) is 0. The third kappa shape index (κ3) is 3.65. The van der Waals surface area contributed by atoms with Gasteiger partial charge in [-0.1, -0.05) is 91.0 Å². The molecule has 0 spiro atoms. The Hall–Kier alpha value is -0.930. The van der Waals surface area contributed by atoms with Crippen molar-refractivity contribution in [2.24, 2.45) is 0 Å². The molecule has 0 aliphatic carbocycles. The van der Waals surface area contributed by atoms with E-state index in [0.717, 1.165) is 0 Å². The fourth-order valence-corrected chi connectivity index (χ4v) is 5.92. The molecule has 0 radical (unpaired) electrons. The van der Waals surface area contributed by atoms with Crippen LogP contribution in [-0.2, 0) is 5.41 Å². The summed E-state index contributed by atoms with van der Waals surface area (Å²) in [5, 5.41) is 0. The molecule has 4 aromatic rings. The van der Waals surface area contributed by atoms with E-state index in [1.807, 2.05) is 0 Å². The molecule has 0 aliphatic rings. The Labute approximate surface area is 207 Å². The van der Waals surface area contributed by atoms with E-state index in [1.54, 1.807) is 0 Å². The van der Waals surface area contributed by atoms with Crippen molar-refractivity contribution >= 4 is 67.8 Å². The summed E-state index contributed by atoms with van der Waals surface area (Å²) in [4.78, 5) is 0. The molecule has 0 nitrogen and oxygen atoms in total. The van der Waals surface area contributed by atoms with Gasteiger partial charge in [0.2, 0.25) is 0 Å². The van der Waals surface area contributed by atoms with Crippen molar-refractivity contribution in [2.75, 3.05) is 0 Å². The molecule has 0 aliphatic heterocycles. The number of rotatable bonds is 4. The summed E-state index contributed by atoms with van der Waals surface area (Å²) in [5.41, 5.74) is 4.76. The zero-order chi connectivity index (χ0) is 19.6. The smallest absolute Gasteiger partial charge is 0.0622 e. The van der Waals surface area contributed by atoms with Crippen LogP contribution in [0, 0.1) is 10.7 Å². The first-order valence-corrected chi connectivity index (χ1v) is 12.2. The molecule has 0 bridgehead atoms. The molecule has 0 atom stereocenters. The molecular formula is C25H17I3. The van der Waals surface area contributed by atoms with Gasteiger partial charge in [0, 0.05) is 10.7 Å². The Morgan fingerprint density at radius 1 is 0.429 bits per heavy atom. The van der Waals surface area contributed by atoms with Crippen LogP contribution in [0.3, 0.4) is 0 Å². The average molecular weight is 698 g/mol. The quantitative estimate of drug-likeness (QED) is 0.116. The van der Waals surface area contributed by atoms with Crippen LogP contribution >= 0.6 is 67.8 Å². The van der Waals surface area contributed by atoms with Crippen molar-refractivity contribution in [3.63, 3.8) is 0 Å². The molecule has 0 saturated heterocycles. The normalized spacial score (nSPS) is 11.4. The van der Waals surface area contributed by atoms with Gasteiger partial charge >= 0.3 is 0 Å². The molecule has 0 unspecified atom stereocenters. The van der Waals surface area contributed by atoms with E-state index in [2.05, 4.69) is 171 Å². The average Bonchev–Trinajstić information content (AvgIpc) is 2.75. The fourth-order valence-electron chi connectivity index (χ4n) is 3.84. The molecule has 4 aromatic carbocycles. The van der Waals surface area contributed by atoms with Crippen LogP contribution in [0.4, 0.5) is 0 Å². The minimum atomic E-state index is -0.367. The Balaban J connectivity index is 2.17. The van der Waals surface area contributed by atoms with Gasteiger partial charge in [-0.2, -0.15) is 0 Å². The molecular weight excluding hydrogens is 681 g/mol. The summed E-state index contributed by atoms with van der Waals surface area (Å²) in [6.07, 6.45) is 0. The molecule has 0 aromatic heterocycles. The molecule has 0 saturated carbocycles. The Bertz CT molecular complexity index is 955. The highest BCUT2D eigenvalue weighted by Crippen LogP contribution is 2.46. The second-order valence-corrected chi connectivity index (χ2v) is 10.0. The van der Waals surface area contributed by atoms with Crippen LogP contribution in [0.15, 0.2) is 103 Å². The minimum absolute atomic E-state index is 0.367. The molecule has 28 heavy (non-hydrogen) atoms. The van der Waals surface area contributed by atoms with Crippen LogP contribution in [0.2, 0.25) is 0 Å². The molecule has 0 amide bonds. The van der Waals surface area contributed by atoms with Crippen molar-refractivity contribution in [2.45, 2.75) is 5.41 Å². The van der Waals surface area contributed by atoms with E-state index in [9.17, 15) is 0 Å². The van der Waals surface area contributed by atoms with Gasteiger partial charge in [-0.05, 0) is 102 Å². The third-order valence-corrected chi connectivity index (χ3v) is 9.97. The van der Waals surface area contributed by atoms with Gasteiger partial charge in [-0.3, -0.25) is 0 Å². The first kappa shape index (κ1) is 20.3. The van der Waals surface area contributed by atoms with E-state index in [-0.39, 0.29) is 5.41 Å². The largest absolute Gasteiger partial charge is 0.0702 e. The van der Waals surface area contributed by atoms with Gasteiger partial charge in [0.25, 0.3) is 0 Å². The van der Waals surface area contributed by atoms with Crippen molar-refractivity contribution in [3.05, 3.63) is 136 Å². The lowest BCUT2D eigenvalue weighted by Crippen LogP contribution is -2.31. The van der Waals surface area contributed by atoms with Crippen molar-refractivity contribution < 1.29 is 0 Å². The summed E-state index contributed by atoms with van der Waals surface area (Å²) in [7, 11) is 0. The fraction of sp³-hybridized carbons (Fsp3) is 0.0400. The minimum Gasteiger partial charge on any atom is -0.0622 e. The first-order chi connectivity index (χ1) is 13.6. The predicted molar refractivity (Wildman–Crippen MR) is 143 cm³/mol. The highest BCUT2D eigenvalue weighted by molar-refractivity contribution is 14.1. The maximum absolute atomic E-state index is 2.46. The number of halogens is 3. The SMILES string of the molecule is Ic1cc(C(c2ccccc2)(c2ccccc2)c2ccccc2)cc(I)c1I. The Morgan fingerprint density at radius 3 is 1.07 bits per heavy atom. The Morgan fingerprint density at radius 2 is 0.750 bits per heavy atom. The zero-order valence-electron chi connectivity index (χ0n) is 14.9. The van der Waals surface area contributed by atoms with Crippen LogP contribution in [0.5, 0.6) is 0 Å². The highest BCUT2D eigenvalue weighted by Gasteiger charge is 2.38. The van der Waals surface area contributed by atoms with Crippen LogP contribution < -0.4 is 0 Å². The van der Waals surface area contributed by atoms with Crippen LogP contribution in [0.25, 0.3) is 0 Å². The molecule has 4 rings (SSSR count). The molecule has 0 fully saturated rings. The lowest BCUT2D eigenvalue weighted by molar-refractivity contribution is 0.743. The lowest BCUT2D eigenvalue weighted by Gasteiger charge is -2.37. The van der Waals surface area contributed by atoms with E-state index in [0.29, 0.717) is 0 Å². The van der Waals surface area contributed by atoms with Gasteiger partial charge in [-0.15, -0.1) is 0 Å². The van der Waals surface area contributed by atoms with Crippen molar-refractivity contribution in [1.82, 2.24) is 0 Å². The molecule has 0 heterocycles. The first-order valence-electron chi connectivity index (χ1n) is 8.95. The van der Waals surface area contributed by atoms with Gasteiger partial charge in [-0.25, -0.2) is 0 Å². The van der Waals surface area contributed by atoms with Gasteiger partial charge in [0.05, 0.1) is 5.41 Å². The molecule has 0 N–H and O–H groups in total. The van der Waals surface area contributed by atoms with E-state index < -0.39 is 0 Å². The maximum atomic E-state index is 2.46. The number of hydrogen-bond acceptors (Lipinski definition) is 0. The highest BCUT2D eigenvalue weighted by atomic mass is 127. The second kappa shape index (κ2) is 8.83. The third-order valence-electron chi connectivity index (χ3n) is 5.04. The topological polar surface area (TPSA) is 0 Å². The molecule has 3 heteroatoms. The summed E-state index contributed by atoms with van der Waals surface area (Å²) < 4.78 is 3.88. The summed E-state index contributed by atoms with van der Waals surface area (Å²) in [6.45, 7) is 0. The monoisotopic (exact) mass is 698 g/mol. The van der Waals surface area contributed by atoms with Gasteiger partial charge in [0.1, 0.15) is 0 Å². The number of hydrogen-bond donors (Lipinski definition) is 0. The standard InChI is InChI=1S/C25H17I3/c26-22-16-21(17-23(27)24(22)28)25(18-10-4-1-5-11-18,19-12-6-2-7-13-19)20-14-8-3-9-15-20/h1-17H. The summed E-state index contributed by atoms with van der Waals surface area (Å²) in [6, 6.07) is 37.3.